The van der Waals surface area contributed by atoms with Crippen LogP contribution in [0.15, 0.2) is 0 Å². The summed E-state index contributed by atoms with van der Waals surface area (Å²) in [6.07, 6.45) is 51.6. The SMILES string of the molecule is CCCCCCCCCCCCNCCCCCCCCCCCC.CCCCCCCCCCNCCCCCCCCCC. The van der Waals surface area contributed by atoms with Gasteiger partial charge in [-0.05, 0) is 51.9 Å². The first-order chi connectivity index (χ1) is 22.8. The van der Waals surface area contributed by atoms with Crippen LogP contribution in [0.3, 0.4) is 0 Å². The van der Waals surface area contributed by atoms with Crippen molar-refractivity contribution in [2.24, 2.45) is 0 Å². The Morgan fingerprint density at radius 2 is 0.304 bits per heavy atom. The predicted molar refractivity (Wildman–Crippen MR) is 215 cm³/mol. The average molecular weight is 651 g/mol. The third kappa shape index (κ3) is 50.8. The first-order valence-electron chi connectivity index (χ1n) is 22.2. The lowest BCUT2D eigenvalue weighted by Crippen LogP contribution is -2.16. The van der Waals surface area contributed by atoms with E-state index in [-0.39, 0.29) is 0 Å². The van der Waals surface area contributed by atoms with Crippen LogP contribution in [0.2, 0.25) is 0 Å². The molecule has 0 aromatic carbocycles. The molecule has 0 saturated carbocycles. The minimum Gasteiger partial charge on any atom is -0.317 e. The van der Waals surface area contributed by atoms with Crippen molar-refractivity contribution in [2.75, 3.05) is 26.2 Å². The van der Waals surface area contributed by atoms with Gasteiger partial charge in [0.25, 0.3) is 0 Å². The standard InChI is InChI=1S/C24H51N.C20H43N/c1-3-5-7-9-11-13-15-17-19-21-23-25-24-22-20-18-16-14-12-10-8-6-4-2;1-3-5-7-9-11-13-15-17-19-21-20-18-16-14-12-10-8-6-4-2/h25H,3-24H2,1-2H3;21H,3-20H2,1-2H3. The summed E-state index contributed by atoms with van der Waals surface area (Å²) in [7, 11) is 0. The Labute approximate surface area is 295 Å². The molecule has 280 valence electrons. The molecule has 2 heteroatoms. The first-order valence-corrected chi connectivity index (χ1v) is 22.2. The predicted octanol–water partition coefficient (Wildman–Crippen LogP) is 15.3. The van der Waals surface area contributed by atoms with Gasteiger partial charge in [-0.3, -0.25) is 0 Å². The molecule has 0 bridgehead atoms. The molecule has 0 unspecified atom stereocenters. The Kier molecular flexibility index (Phi) is 51.5. The van der Waals surface area contributed by atoms with Crippen molar-refractivity contribution < 1.29 is 0 Å². The Hall–Kier alpha value is -0.0800. The van der Waals surface area contributed by atoms with Crippen molar-refractivity contribution in [1.82, 2.24) is 10.6 Å². The van der Waals surface area contributed by atoms with E-state index in [4.69, 9.17) is 0 Å². The zero-order valence-corrected chi connectivity index (χ0v) is 33.3. The van der Waals surface area contributed by atoms with Gasteiger partial charge in [-0.15, -0.1) is 0 Å². The van der Waals surface area contributed by atoms with Gasteiger partial charge >= 0.3 is 0 Å². The smallest absolute Gasteiger partial charge is 0.00489 e. The minimum atomic E-state index is 1.24. The van der Waals surface area contributed by atoms with Crippen molar-refractivity contribution >= 4 is 0 Å². The first kappa shape index (κ1) is 48.0. The molecule has 0 fully saturated rings. The Bertz CT molecular complexity index is 425. The molecule has 0 amide bonds. The summed E-state index contributed by atoms with van der Waals surface area (Å²) >= 11 is 0. The molecule has 0 aromatic rings. The number of unbranched alkanes of at least 4 members (excludes halogenated alkanes) is 32. The molecule has 0 atom stereocenters. The molecule has 0 rings (SSSR count). The maximum absolute atomic E-state index is 3.64. The fourth-order valence-electron chi connectivity index (χ4n) is 6.49. The van der Waals surface area contributed by atoms with Crippen LogP contribution < -0.4 is 10.6 Å². The van der Waals surface area contributed by atoms with Crippen molar-refractivity contribution in [3.05, 3.63) is 0 Å². The van der Waals surface area contributed by atoms with Crippen LogP contribution in [-0.4, -0.2) is 26.2 Å². The van der Waals surface area contributed by atoms with Gasteiger partial charge in [0.15, 0.2) is 0 Å². The highest BCUT2D eigenvalue weighted by Gasteiger charge is 1.96. The number of hydrogen-bond acceptors (Lipinski definition) is 2. The van der Waals surface area contributed by atoms with E-state index < -0.39 is 0 Å². The molecular weight excluding hydrogens is 556 g/mol. The van der Waals surface area contributed by atoms with E-state index in [0.29, 0.717) is 0 Å². The van der Waals surface area contributed by atoms with E-state index in [1.165, 1.54) is 257 Å². The summed E-state index contributed by atoms with van der Waals surface area (Å²) in [6.45, 7) is 14.1. The van der Waals surface area contributed by atoms with Crippen LogP contribution in [0.1, 0.15) is 259 Å². The summed E-state index contributed by atoms with van der Waals surface area (Å²) in [5.74, 6) is 0. The second-order valence-corrected chi connectivity index (χ2v) is 14.8. The second kappa shape index (κ2) is 49.3. The van der Waals surface area contributed by atoms with Gasteiger partial charge in [0.2, 0.25) is 0 Å². The second-order valence-electron chi connectivity index (χ2n) is 14.8. The molecule has 0 heterocycles. The zero-order chi connectivity index (χ0) is 33.7. The van der Waals surface area contributed by atoms with E-state index in [1.807, 2.05) is 0 Å². The highest BCUT2D eigenvalue weighted by molar-refractivity contribution is 4.54. The summed E-state index contributed by atoms with van der Waals surface area (Å²) in [5.41, 5.74) is 0. The third-order valence-corrected chi connectivity index (χ3v) is 9.83. The molecule has 46 heavy (non-hydrogen) atoms. The molecule has 0 aliphatic rings. The van der Waals surface area contributed by atoms with E-state index >= 15 is 0 Å². The number of nitrogens with one attached hydrogen (secondary N) is 2. The zero-order valence-electron chi connectivity index (χ0n) is 33.3. The van der Waals surface area contributed by atoms with Gasteiger partial charge in [-0.1, -0.05) is 233 Å². The van der Waals surface area contributed by atoms with Crippen LogP contribution in [0.25, 0.3) is 0 Å². The Balaban J connectivity index is 0. The lowest BCUT2D eigenvalue weighted by Gasteiger charge is -2.05. The van der Waals surface area contributed by atoms with Crippen LogP contribution in [0.4, 0.5) is 0 Å². The normalized spacial score (nSPS) is 11.2. The highest BCUT2D eigenvalue weighted by Crippen LogP contribution is 2.12. The summed E-state index contributed by atoms with van der Waals surface area (Å²) in [4.78, 5) is 0. The van der Waals surface area contributed by atoms with E-state index in [2.05, 4.69) is 38.3 Å². The van der Waals surface area contributed by atoms with Crippen molar-refractivity contribution in [1.29, 1.82) is 0 Å². The third-order valence-electron chi connectivity index (χ3n) is 9.83. The lowest BCUT2D eigenvalue weighted by molar-refractivity contribution is 0.525. The molecule has 0 aromatic heterocycles. The monoisotopic (exact) mass is 651 g/mol. The minimum absolute atomic E-state index is 1.24. The van der Waals surface area contributed by atoms with Gasteiger partial charge in [-0.25, -0.2) is 0 Å². The van der Waals surface area contributed by atoms with Gasteiger partial charge in [0.05, 0.1) is 0 Å². The molecule has 0 aliphatic heterocycles. The molecular formula is C44H94N2. The fourth-order valence-corrected chi connectivity index (χ4v) is 6.49. The van der Waals surface area contributed by atoms with Gasteiger partial charge in [0, 0.05) is 0 Å². The maximum atomic E-state index is 3.64. The summed E-state index contributed by atoms with van der Waals surface area (Å²) < 4.78 is 0. The number of hydrogen-bond donors (Lipinski definition) is 2. The topological polar surface area (TPSA) is 24.1 Å². The van der Waals surface area contributed by atoms with Crippen molar-refractivity contribution in [2.45, 2.75) is 259 Å². The van der Waals surface area contributed by atoms with E-state index in [0.717, 1.165) is 0 Å². The Morgan fingerprint density at radius 3 is 0.457 bits per heavy atom. The lowest BCUT2D eigenvalue weighted by atomic mass is 10.1. The fraction of sp³-hybridized carbons (Fsp3) is 1.00. The van der Waals surface area contributed by atoms with Crippen LogP contribution >= 0.6 is 0 Å². The molecule has 0 radical (unpaired) electrons. The van der Waals surface area contributed by atoms with E-state index in [9.17, 15) is 0 Å². The molecule has 2 N–H and O–H groups in total. The van der Waals surface area contributed by atoms with Gasteiger partial charge in [0.1, 0.15) is 0 Å². The van der Waals surface area contributed by atoms with Crippen molar-refractivity contribution in [3.63, 3.8) is 0 Å². The van der Waals surface area contributed by atoms with Crippen LogP contribution in [0.5, 0.6) is 0 Å². The maximum Gasteiger partial charge on any atom is -0.00489 e. The summed E-state index contributed by atoms with van der Waals surface area (Å²) in [5, 5.41) is 7.24. The molecule has 0 aliphatic carbocycles. The molecule has 2 nitrogen and oxygen atoms in total. The molecule has 0 spiro atoms. The average Bonchev–Trinajstić information content (AvgIpc) is 3.07. The van der Waals surface area contributed by atoms with Crippen molar-refractivity contribution in [3.8, 4) is 0 Å². The largest absolute Gasteiger partial charge is 0.317 e. The van der Waals surface area contributed by atoms with Gasteiger partial charge in [-0.2, -0.15) is 0 Å². The highest BCUT2D eigenvalue weighted by atomic mass is 14.8. The Morgan fingerprint density at radius 1 is 0.174 bits per heavy atom. The van der Waals surface area contributed by atoms with Crippen LogP contribution in [-0.2, 0) is 0 Å². The van der Waals surface area contributed by atoms with Crippen LogP contribution in [0, 0.1) is 0 Å². The van der Waals surface area contributed by atoms with Gasteiger partial charge < -0.3 is 10.6 Å². The molecule has 0 saturated heterocycles. The number of rotatable bonds is 40. The summed E-state index contributed by atoms with van der Waals surface area (Å²) in [6, 6.07) is 0. The van der Waals surface area contributed by atoms with E-state index in [1.54, 1.807) is 0 Å². The quantitative estimate of drug-likeness (QED) is 0.0645.